The average molecular weight is 235 g/mol. The summed E-state index contributed by atoms with van der Waals surface area (Å²) in [7, 11) is 0. The first-order valence-electron chi connectivity index (χ1n) is 5.93. The van der Waals surface area contributed by atoms with Crippen molar-refractivity contribution < 1.29 is 4.79 Å². The minimum atomic E-state index is 0.0393. The Bertz CT molecular complexity index is 710. The highest BCUT2D eigenvalue weighted by Gasteiger charge is 2.05. The molecule has 0 amide bonds. The molecule has 0 aliphatic rings. The molecule has 2 heteroatoms. The molecule has 0 atom stereocenters. The van der Waals surface area contributed by atoms with Crippen LogP contribution in [0.1, 0.15) is 11.7 Å². The summed E-state index contributed by atoms with van der Waals surface area (Å²) in [5.74, 6) is 0.0393. The lowest BCUT2D eigenvalue weighted by Crippen LogP contribution is -2.02. The van der Waals surface area contributed by atoms with Crippen LogP contribution < -0.4 is 0 Å². The van der Waals surface area contributed by atoms with Crippen molar-refractivity contribution in [2.75, 3.05) is 0 Å². The van der Waals surface area contributed by atoms with Gasteiger partial charge < -0.3 is 0 Å². The van der Waals surface area contributed by atoms with E-state index in [1.165, 1.54) is 11.1 Å². The number of carbonyl (C=O) groups excluding carboxylic acids is 1. The summed E-state index contributed by atoms with van der Waals surface area (Å²) in [6.45, 7) is 1.57. The predicted octanol–water partition coefficient (Wildman–Crippen LogP) is 3.97. The van der Waals surface area contributed by atoms with Gasteiger partial charge in [-0.1, -0.05) is 36.4 Å². The third kappa shape index (κ3) is 1.72. The largest absolute Gasteiger partial charge is 0.287 e. The number of aromatic nitrogens is 1. The zero-order chi connectivity index (χ0) is 12.5. The van der Waals surface area contributed by atoms with Gasteiger partial charge in [0.25, 0.3) is 0 Å². The van der Waals surface area contributed by atoms with Gasteiger partial charge in [-0.05, 0) is 29.3 Å². The van der Waals surface area contributed by atoms with E-state index in [9.17, 15) is 4.79 Å². The molecule has 2 nitrogen and oxygen atoms in total. The standard InChI is InChI=1S/C16H13NO/c1-12(18)17-10-9-15-11-14(7-8-16(15)17)13-5-3-2-4-6-13/h2-11H,1H3. The lowest BCUT2D eigenvalue weighted by atomic mass is 10.0. The fraction of sp³-hybridized carbons (Fsp3) is 0.0625. The first-order valence-corrected chi connectivity index (χ1v) is 5.93. The van der Waals surface area contributed by atoms with Crippen LogP contribution in [0, 0.1) is 0 Å². The van der Waals surface area contributed by atoms with Crippen LogP contribution in [-0.4, -0.2) is 10.5 Å². The Balaban J connectivity index is 2.16. The summed E-state index contributed by atoms with van der Waals surface area (Å²) in [5.41, 5.74) is 3.32. The SMILES string of the molecule is CC(=O)n1ccc2cc(-c3ccccc3)ccc21. The van der Waals surface area contributed by atoms with Crippen LogP contribution >= 0.6 is 0 Å². The second-order valence-electron chi connectivity index (χ2n) is 4.34. The maximum atomic E-state index is 11.4. The Morgan fingerprint density at radius 2 is 1.72 bits per heavy atom. The number of hydrogen-bond donors (Lipinski definition) is 0. The maximum absolute atomic E-state index is 11.4. The Kier molecular flexibility index (Phi) is 2.49. The molecule has 2 aromatic carbocycles. The van der Waals surface area contributed by atoms with E-state index in [1.807, 2.05) is 36.5 Å². The van der Waals surface area contributed by atoms with Crippen LogP contribution in [0.25, 0.3) is 22.0 Å². The molecule has 0 unspecified atom stereocenters. The van der Waals surface area contributed by atoms with Crippen molar-refractivity contribution in [2.45, 2.75) is 6.92 Å². The van der Waals surface area contributed by atoms with Crippen LogP contribution in [0.2, 0.25) is 0 Å². The number of benzene rings is 2. The third-order valence-corrected chi connectivity index (χ3v) is 3.14. The van der Waals surface area contributed by atoms with E-state index in [-0.39, 0.29) is 5.91 Å². The molecule has 18 heavy (non-hydrogen) atoms. The molecule has 0 aliphatic carbocycles. The van der Waals surface area contributed by atoms with Crippen LogP contribution in [0.5, 0.6) is 0 Å². The molecule has 0 saturated carbocycles. The molecule has 0 fully saturated rings. The second kappa shape index (κ2) is 4.15. The van der Waals surface area contributed by atoms with Gasteiger partial charge in [-0.15, -0.1) is 0 Å². The monoisotopic (exact) mass is 235 g/mol. The Morgan fingerprint density at radius 1 is 0.944 bits per heavy atom. The van der Waals surface area contributed by atoms with Crippen molar-refractivity contribution >= 4 is 16.8 Å². The van der Waals surface area contributed by atoms with Gasteiger partial charge in [0.1, 0.15) is 0 Å². The summed E-state index contributed by atoms with van der Waals surface area (Å²) < 4.78 is 1.67. The van der Waals surface area contributed by atoms with Gasteiger partial charge in [0.15, 0.2) is 0 Å². The van der Waals surface area contributed by atoms with E-state index in [1.54, 1.807) is 11.5 Å². The third-order valence-electron chi connectivity index (χ3n) is 3.14. The number of carbonyl (C=O) groups is 1. The Morgan fingerprint density at radius 3 is 2.44 bits per heavy atom. The van der Waals surface area contributed by atoms with Crippen molar-refractivity contribution in [3.05, 3.63) is 60.8 Å². The van der Waals surface area contributed by atoms with Crippen molar-refractivity contribution in [1.29, 1.82) is 0 Å². The molecule has 1 heterocycles. The zero-order valence-corrected chi connectivity index (χ0v) is 10.1. The van der Waals surface area contributed by atoms with Crippen LogP contribution in [0.3, 0.4) is 0 Å². The molecule has 0 N–H and O–H groups in total. The number of hydrogen-bond acceptors (Lipinski definition) is 1. The van der Waals surface area contributed by atoms with Gasteiger partial charge in [-0.3, -0.25) is 9.36 Å². The highest BCUT2D eigenvalue weighted by molar-refractivity contribution is 5.93. The molecule has 0 radical (unpaired) electrons. The van der Waals surface area contributed by atoms with E-state index < -0.39 is 0 Å². The summed E-state index contributed by atoms with van der Waals surface area (Å²) in [6, 6.07) is 18.4. The predicted molar refractivity (Wildman–Crippen MR) is 73.7 cm³/mol. The summed E-state index contributed by atoms with van der Waals surface area (Å²) in [4.78, 5) is 11.4. The first-order chi connectivity index (χ1) is 8.75. The van der Waals surface area contributed by atoms with E-state index in [0.717, 1.165) is 10.9 Å². The molecule has 0 aliphatic heterocycles. The molecule has 88 valence electrons. The zero-order valence-electron chi connectivity index (χ0n) is 10.1. The van der Waals surface area contributed by atoms with Crippen LogP contribution in [0.4, 0.5) is 0 Å². The molecule has 1 aromatic heterocycles. The highest BCUT2D eigenvalue weighted by atomic mass is 16.1. The maximum Gasteiger partial charge on any atom is 0.227 e. The van der Waals surface area contributed by atoms with Crippen LogP contribution in [-0.2, 0) is 0 Å². The van der Waals surface area contributed by atoms with Crippen molar-refractivity contribution in [2.24, 2.45) is 0 Å². The molecule has 0 bridgehead atoms. The quantitative estimate of drug-likeness (QED) is 0.625. The lowest BCUT2D eigenvalue weighted by molar-refractivity contribution is 0.0941. The number of rotatable bonds is 1. The fourth-order valence-corrected chi connectivity index (χ4v) is 2.23. The molecule has 3 rings (SSSR count). The molecular formula is C16H13NO. The average Bonchev–Trinajstić information content (AvgIpc) is 2.82. The van der Waals surface area contributed by atoms with E-state index in [2.05, 4.69) is 24.3 Å². The molecule has 0 spiro atoms. The minimum absolute atomic E-state index is 0.0393. The highest BCUT2D eigenvalue weighted by Crippen LogP contribution is 2.24. The Hall–Kier alpha value is -2.35. The molecule has 0 saturated heterocycles. The number of nitrogens with zero attached hydrogens (tertiary/aromatic N) is 1. The van der Waals surface area contributed by atoms with Crippen molar-refractivity contribution in [3.8, 4) is 11.1 Å². The van der Waals surface area contributed by atoms with Gasteiger partial charge in [0.05, 0.1) is 5.52 Å². The molecule has 3 aromatic rings. The lowest BCUT2D eigenvalue weighted by Gasteiger charge is -2.03. The van der Waals surface area contributed by atoms with E-state index >= 15 is 0 Å². The minimum Gasteiger partial charge on any atom is -0.287 e. The van der Waals surface area contributed by atoms with Crippen molar-refractivity contribution in [3.63, 3.8) is 0 Å². The Labute approximate surface area is 105 Å². The first kappa shape index (κ1) is 10.8. The molecular weight excluding hydrogens is 222 g/mol. The van der Waals surface area contributed by atoms with E-state index in [0.29, 0.717) is 0 Å². The van der Waals surface area contributed by atoms with Gasteiger partial charge in [0.2, 0.25) is 5.91 Å². The number of fused-ring (bicyclic) bond motifs is 1. The summed E-state index contributed by atoms with van der Waals surface area (Å²) in [5, 5.41) is 1.09. The fourth-order valence-electron chi connectivity index (χ4n) is 2.23. The van der Waals surface area contributed by atoms with Gasteiger partial charge >= 0.3 is 0 Å². The van der Waals surface area contributed by atoms with Crippen molar-refractivity contribution in [1.82, 2.24) is 4.57 Å². The smallest absolute Gasteiger partial charge is 0.227 e. The van der Waals surface area contributed by atoms with E-state index in [4.69, 9.17) is 0 Å². The second-order valence-corrected chi connectivity index (χ2v) is 4.34. The van der Waals surface area contributed by atoms with Gasteiger partial charge in [0, 0.05) is 18.5 Å². The normalized spacial score (nSPS) is 10.7. The van der Waals surface area contributed by atoms with Crippen LogP contribution in [0.15, 0.2) is 60.8 Å². The summed E-state index contributed by atoms with van der Waals surface area (Å²) >= 11 is 0. The topological polar surface area (TPSA) is 22.0 Å². The van der Waals surface area contributed by atoms with Gasteiger partial charge in [-0.25, -0.2) is 0 Å². The van der Waals surface area contributed by atoms with Gasteiger partial charge in [-0.2, -0.15) is 0 Å². The summed E-state index contributed by atoms with van der Waals surface area (Å²) in [6.07, 6.45) is 1.82.